The minimum atomic E-state index is -1.01. The molecule has 0 spiro atoms. The molecule has 6 heteroatoms. The molecule has 1 aromatic heterocycles. The number of anilines is 2. The number of benzene rings is 1. The number of halogens is 2. The summed E-state index contributed by atoms with van der Waals surface area (Å²) in [5, 5.41) is 2.51. The van der Waals surface area contributed by atoms with Gasteiger partial charge in [-0.05, 0) is 30.7 Å². The van der Waals surface area contributed by atoms with E-state index < -0.39 is 17.5 Å². The minimum absolute atomic E-state index is 0.181. The molecule has 0 radical (unpaired) electrons. The summed E-state index contributed by atoms with van der Waals surface area (Å²) in [6.45, 7) is 2.99. The van der Waals surface area contributed by atoms with Crippen LogP contribution in [0.25, 0.3) is 0 Å². The van der Waals surface area contributed by atoms with E-state index in [-0.39, 0.29) is 11.4 Å². The predicted octanol–water partition coefficient (Wildman–Crippen LogP) is 3.85. The van der Waals surface area contributed by atoms with Gasteiger partial charge in [0.1, 0.15) is 5.69 Å². The first-order valence-electron chi connectivity index (χ1n) is 7.45. The zero-order chi connectivity index (χ0) is 16.8. The largest absolute Gasteiger partial charge is 0.374 e. The Morgan fingerprint density at radius 2 is 2.00 bits per heavy atom. The van der Waals surface area contributed by atoms with Crippen LogP contribution in [-0.4, -0.2) is 24.5 Å². The average Bonchev–Trinajstić information content (AvgIpc) is 2.56. The maximum absolute atomic E-state index is 13.2. The molecule has 1 N–H and O–H groups in total. The summed E-state index contributed by atoms with van der Waals surface area (Å²) >= 11 is 0. The van der Waals surface area contributed by atoms with Crippen molar-refractivity contribution in [1.82, 2.24) is 4.98 Å². The molecule has 0 saturated heterocycles. The van der Waals surface area contributed by atoms with E-state index in [9.17, 15) is 13.6 Å². The summed E-state index contributed by atoms with van der Waals surface area (Å²) in [7, 11) is 1.95. The Labute approximate surface area is 134 Å². The fourth-order valence-electron chi connectivity index (χ4n) is 2.07. The maximum Gasteiger partial charge on any atom is 0.274 e. The van der Waals surface area contributed by atoms with Gasteiger partial charge >= 0.3 is 0 Å². The molecule has 0 aliphatic heterocycles. The van der Waals surface area contributed by atoms with Crippen LogP contribution in [0.3, 0.4) is 0 Å². The Balaban J connectivity index is 2.11. The average molecular weight is 319 g/mol. The number of nitrogens with zero attached hydrogens (tertiary/aromatic N) is 2. The van der Waals surface area contributed by atoms with E-state index in [1.54, 1.807) is 12.3 Å². The van der Waals surface area contributed by atoms with Crippen LogP contribution in [0.2, 0.25) is 0 Å². The molecule has 1 heterocycles. The first-order chi connectivity index (χ1) is 11.0. The Morgan fingerprint density at radius 1 is 1.22 bits per heavy atom. The van der Waals surface area contributed by atoms with Gasteiger partial charge in [-0.1, -0.05) is 13.3 Å². The maximum atomic E-state index is 13.2. The Kier molecular flexibility index (Phi) is 5.62. The summed E-state index contributed by atoms with van der Waals surface area (Å²) < 4.78 is 26.1. The number of carbonyl (C=O) groups is 1. The zero-order valence-corrected chi connectivity index (χ0v) is 13.1. The summed E-state index contributed by atoms with van der Waals surface area (Å²) in [4.78, 5) is 18.3. The Hall–Kier alpha value is -2.50. The highest BCUT2D eigenvalue weighted by atomic mass is 19.2. The number of amides is 1. The van der Waals surface area contributed by atoms with Crippen molar-refractivity contribution in [3.8, 4) is 0 Å². The number of unbranched alkanes of at least 4 members (excludes halogenated alkanes) is 1. The van der Waals surface area contributed by atoms with Crippen LogP contribution in [-0.2, 0) is 0 Å². The first-order valence-corrected chi connectivity index (χ1v) is 7.45. The summed E-state index contributed by atoms with van der Waals surface area (Å²) in [6, 6.07) is 6.69. The molecule has 0 fully saturated rings. The highest BCUT2D eigenvalue weighted by Gasteiger charge is 2.11. The Bertz CT molecular complexity index is 691. The summed E-state index contributed by atoms with van der Waals surface area (Å²) in [5.74, 6) is -2.44. The molecule has 0 atom stereocenters. The van der Waals surface area contributed by atoms with Crippen LogP contribution < -0.4 is 10.2 Å². The van der Waals surface area contributed by atoms with Crippen LogP contribution >= 0.6 is 0 Å². The van der Waals surface area contributed by atoms with E-state index in [1.165, 1.54) is 6.07 Å². The number of hydrogen-bond acceptors (Lipinski definition) is 3. The van der Waals surface area contributed by atoms with Crippen molar-refractivity contribution in [2.24, 2.45) is 0 Å². The van der Waals surface area contributed by atoms with E-state index >= 15 is 0 Å². The minimum Gasteiger partial charge on any atom is -0.374 e. The quantitative estimate of drug-likeness (QED) is 0.879. The second kappa shape index (κ2) is 7.67. The molecule has 2 aromatic rings. The lowest BCUT2D eigenvalue weighted by atomic mass is 10.2. The molecular weight excluding hydrogens is 300 g/mol. The van der Waals surface area contributed by atoms with Crippen molar-refractivity contribution < 1.29 is 13.6 Å². The van der Waals surface area contributed by atoms with Crippen LogP contribution in [0, 0.1) is 11.6 Å². The molecular formula is C17H19F2N3O. The van der Waals surface area contributed by atoms with Gasteiger partial charge in [-0.3, -0.25) is 9.78 Å². The van der Waals surface area contributed by atoms with Gasteiger partial charge in [0.05, 0.1) is 0 Å². The van der Waals surface area contributed by atoms with Gasteiger partial charge in [0.15, 0.2) is 11.6 Å². The van der Waals surface area contributed by atoms with Gasteiger partial charge in [0, 0.05) is 37.2 Å². The molecule has 0 aliphatic carbocycles. The molecule has 0 aliphatic rings. The molecule has 1 amide bonds. The third-order valence-electron chi connectivity index (χ3n) is 3.44. The van der Waals surface area contributed by atoms with Crippen molar-refractivity contribution in [1.29, 1.82) is 0 Å². The SMILES string of the molecule is CCCCN(C)c1ccnc(C(=O)Nc2ccc(F)c(F)c2)c1. The van der Waals surface area contributed by atoms with Gasteiger partial charge in [0.25, 0.3) is 5.91 Å². The molecule has 0 bridgehead atoms. The van der Waals surface area contributed by atoms with Gasteiger partial charge in [-0.15, -0.1) is 0 Å². The topological polar surface area (TPSA) is 45.2 Å². The third kappa shape index (κ3) is 4.48. The normalized spacial score (nSPS) is 10.4. The summed E-state index contributed by atoms with van der Waals surface area (Å²) in [6.07, 6.45) is 3.69. The molecule has 4 nitrogen and oxygen atoms in total. The zero-order valence-electron chi connectivity index (χ0n) is 13.1. The van der Waals surface area contributed by atoms with E-state index in [0.29, 0.717) is 0 Å². The third-order valence-corrected chi connectivity index (χ3v) is 3.44. The molecule has 122 valence electrons. The molecule has 1 aromatic carbocycles. The number of hydrogen-bond donors (Lipinski definition) is 1. The number of rotatable bonds is 6. The van der Waals surface area contributed by atoms with Gasteiger partial charge in [-0.2, -0.15) is 0 Å². The van der Waals surface area contributed by atoms with E-state index in [2.05, 4.69) is 17.2 Å². The monoisotopic (exact) mass is 319 g/mol. The lowest BCUT2D eigenvalue weighted by Crippen LogP contribution is -2.20. The van der Waals surface area contributed by atoms with Crippen LogP contribution in [0.5, 0.6) is 0 Å². The fourth-order valence-corrected chi connectivity index (χ4v) is 2.07. The van der Waals surface area contributed by atoms with Crippen molar-refractivity contribution in [2.45, 2.75) is 19.8 Å². The van der Waals surface area contributed by atoms with E-state index in [0.717, 1.165) is 37.2 Å². The van der Waals surface area contributed by atoms with Gasteiger partial charge < -0.3 is 10.2 Å². The van der Waals surface area contributed by atoms with E-state index in [1.807, 2.05) is 18.0 Å². The number of pyridine rings is 1. The second-order valence-corrected chi connectivity index (χ2v) is 5.26. The lowest BCUT2D eigenvalue weighted by molar-refractivity contribution is 0.102. The molecule has 0 saturated carbocycles. The van der Waals surface area contributed by atoms with Crippen LogP contribution in [0.1, 0.15) is 30.3 Å². The molecule has 2 rings (SSSR count). The van der Waals surface area contributed by atoms with Gasteiger partial charge in [-0.25, -0.2) is 8.78 Å². The molecule has 0 unspecified atom stereocenters. The highest BCUT2D eigenvalue weighted by molar-refractivity contribution is 6.03. The second-order valence-electron chi connectivity index (χ2n) is 5.26. The van der Waals surface area contributed by atoms with Crippen molar-refractivity contribution in [3.63, 3.8) is 0 Å². The van der Waals surface area contributed by atoms with Gasteiger partial charge in [0.2, 0.25) is 0 Å². The van der Waals surface area contributed by atoms with Crippen molar-refractivity contribution >= 4 is 17.3 Å². The van der Waals surface area contributed by atoms with Crippen molar-refractivity contribution in [2.75, 3.05) is 23.8 Å². The lowest BCUT2D eigenvalue weighted by Gasteiger charge is -2.19. The smallest absolute Gasteiger partial charge is 0.274 e. The highest BCUT2D eigenvalue weighted by Crippen LogP contribution is 2.17. The van der Waals surface area contributed by atoms with Crippen LogP contribution in [0.4, 0.5) is 20.2 Å². The van der Waals surface area contributed by atoms with Crippen molar-refractivity contribution in [3.05, 3.63) is 53.9 Å². The summed E-state index contributed by atoms with van der Waals surface area (Å²) in [5.41, 5.74) is 1.28. The Morgan fingerprint density at radius 3 is 2.70 bits per heavy atom. The van der Waals surface area contributed by atoms with E-state index in [4.69, 9.17) is 0 Å². The predicted molar refractivity (Wildman–Crippen MR) is 86.7 cm³/mol. The fraction of sp³-hybridized carbons (Fsp3) is 0.294. The molecule has 23 heavy (non-hydrogen) atoms. The number of aromatic nitrogens is 1. The van der Waals surface area contributed by atoms with Crippen LogP contribution in [0.15, 0.2) is 36.5 Å². The number of carbonyl (C=O) groups excluding carboxylic acids is 1. The number of nitrogens with one attached hydrogen (secondary N) is 1. The first kappa shape index (κ1) is 16.9. The standard InChI is InChI=1S/C17H19F2N3O/c1-3-4-9-22(2)13-7-8-20-16(11-13)17(23)21-12-5-6-14(18)15(19)10-12/h5-8,10-11H,3-4,9H2,1-2H3,(H,21,23).